The monoisotopic (exact) mass is 696 g/mol. The van der Waals surface area contributed by atoms with E-state index in [-0.39, 0.29) is 5.91 Å². The second-order valence-corrected chi connectivity index (χ2v) is 12.0. The summed E-state index contributed by atoms with van der Waals surface area (Å²) >= 11 is 14.6. The third-order valence-corrected chi connectivity index (χ3v) is 8.42. The summed E-state index contributed by atoms with van der Waals surface area (Å²) in [5.41, 5.74) is 3.61. The minimum absolute atomic E-state index is 0.106. The second kappa shape index (κ2) is 13.1. The Morgan fingerprint density at radius 2 is 1.57 bits per heavy atom. The molecule has 1 saturated heterocycles. The molecule has 0 spiro atoms. The lowest BCUT2D eigenvalue weighted by Crippen LogP contribution is -2.28. The average molecular weight is 699 g/mol. The van der Waals surface area contributed by atoms with Gasteiger partial charge in [0.2, 0.25) is 0 Å². The predicted molar refractivity (Wildman–Crippen MR) is 170 cm³/mol. The number of thioether (sulfide) groups is 1. The summed E-state index contributed by atoms with van der Waals surface area (Å²) in [5, 5.41) is 1.31. The van der Waals surface area contributed by atoms with Crippen LogP contribution in [0.4, 0.5) is 5.69 Å². The van der Waals surface area contributed by atoms with Crippen LogP contribution in [0.15, 0.2) is 110 Å². The van der Waals surface area contributed by atoms with E-state index in [1.54, 1.807) is 12.0 Å². The number of aliphatic imine (C=N–C) groups is 1. The number of benzene rings is 4. The summed E-state index contributed by atoms with van der Waals surface area (Å²) in [4.78, 5) is 20.7. The number of rotatable bonds is 8. The number of carbonyl (C=O) groups excluding carboxylic acids is 1. The minimum Gasteiger partial charge on any atom is -0.497 e. The summed E-state index contributed by atoms with van der Waals surface area (Å²) in [7, 11) is 1.63. The lowest BCUT2D eigenvalue weighted by atomic mass is 10.2. The molecule has 9 heteroatoms. The van der Waals surface area contributed by atoms with Gasteiger partial charge in [-0.2, -0.15) is 0 Å². The number of carbonyl (C=O) groups is 1. The number of halogens is 3. The van der Waals surface area contributed by atoms with E-state index < -0.39 is 0 Å². The first-order chi connectivity index (χ1) is 19.4. The molecule has 0 atom stereocenters. The SMILES string of the molecule is COc1ccc(CN2C(=O)/C(=C/c3cc(Br)c(OCc4ccc(Cl)cc4)c(Br)c3)SC2=Nc2ccccc2)cc1. The molecular weight excluding hydrogens is 676 g/mol. The molecule has 4 aromatic rings. The van der Waals surface area contributed by atoms with E-state index in [9.17, 15) is 4.79 Å². The van der Waals surface area contributed by atoms with Gasteiger partial charge in [0.05, 0.1) is 33.2 Å². The van der Waals surface area contributed by atoms with Crippen LogP contribution in [0.25, 0.3) is 6.08 Å². The molecule has 1 amide bonds. The smallest absolute Gasteiger partial charge is 0.267 e. The molecule has 5 rings (SSSR count). The van der Waals surface area contributed by atoms with Crippen molar-refractivity contribution in [1.29, 1.82) is 0 Å². The van der Waals surface area contributed by atoms with Crippen molar-refractivity contribution in [3.63, 3.8) is 0 Å². The Bertz CT molecular complexity index is 1550. The number of ether oxygens (including phenoxy) is 2. The van der Waals surface area contributed by atoms with Gasteiger partial charge in [0.15, 0.2) is 5.17 Å². The molecule has 4 aromatic carbocycles. The second-order valence-electron chi connectivity index (χ2n) is 8.81. The fourth-order valence-corrected chi connectivity index (χ4v) is 6.52. The molecule has 0 bridgehead atoms. The van der Waals surface area contributed by atoms with Gasteiger partial charge in [0.1, 0.15) is 18.1 Å². The molecule has 1 heterocycles. The van der Waals surface area contributed by atoms with Crippen LogP contribution in [0, 0.1) is 0 Å². The van der Waals surface area contributed by atoms with Gasteiger partial charge in [-0.3, -0.25) is 9.69 Å². The third-order valence-electron chi connectivity index (χ3n) is 5.98. The standard InChI is InChI=1S/C31H23Br2ClN2O3S/c1-38-25-13-9-20(10-14-25)18-36-30(37)28(40-31(36)35-24-5-3-2-4-6-24)17-22-15-26(32)29(27(33)16-22)39-19-21-7-11-23(34)12-8-21/h2-17H,18-19H2,1H3/b28-17-,35-31?. The number of hydrogen-bond acceptors (Lipinski definition) is 5. The van der Waals surface area contributed by atoms with Crippen LogP contribution in [0.3, 0.4) is 0 Å². The number of hydrogen-bond donors (Lipinski definition) is 0. The molecule has 0 aromatic heterocycles. The average Bonchev–Trinajstić information content (AvgIpc) is 3.23. The van der Waals surface area contributed by atoms with E-state index in [4.69, 9.17) is 26.1 Å². The van der Waals surface area contributed by atoms with Crippen molar-refractivity contribution in [3.8, 4) is 11.5 Å². The van der Waals surface area contributed by atoms with Crippen LogP contribution in [-0.4, -0.2) is 23.1 Å². The summed E-state index contributed by atoms with van der Waals surface area (Å²) in [6.07, 6.45) is 1.88. The van der Waals surface area contributed by atoms with Crippen LogP contribution >= 0.6 is 55.2 Å². The Morgan fingerprint density at radius 1 is 0.925 bits per heavy atom. The fourth-order valence-electron chi connectivity index (χ4n) is 3.95. The van der Waals surface area contributed by atoms with Gasteiger partial charge in [-0.1, -0.05) is 54.1 Å². The van der Waals surface area contributed by atoms with Crippen LogP contribution in [0.5, 0.6) is 11.5 Å². The van der Waals surface area contributed by atoms with Gasteiger partial charge in [0, 0.05) is 5.02 Å². The molecule has 0 saturated carbocycles. The summed E-state index contributed by atoms with van der Waals surface area (Å²) < 4.78 is 12.9. The molecular formula is C31H23Br2ClN2O3S. The molecule has 1 aliphatic heterocycles. The summed E-state index contributed by atoms with van der Waals surface area (Å²) in [6, 6.07) is 28.7. The maximum atomic E-state index is 13.6. The normalized spacial score (nSPS) is 15.2. The first kappa shape index (κ1) is 28.5. The highest BCUT2D eigenvalue weighted by Crippen LogP contribution is 2.39. The Hall–Kier alpha value is -3.04. The topological polar surface area (TPSA) is 51.1 Å². The first-order valence-corrected chi connectivity index (χ1v) is 15.0. The van der Waals surface area contributed by atoms with E-state index in [1.807, 2.05) is 97.1 Å². The van der Waals surface area contributed by atoms with Crippen molar-refractivity contribution in [2.75, 3.05) is 7.11 Å². The summed E-state index contributed by atoms with van der Waals surface area (Å²) in [5.74, 6) is 1.34. The Balaban J connectivity index is 1.40. The molecule has 5 nitrogen and oxygen atoms in total. The Morgan fingerprint density at radius 3 is 2.23 bits per heavy atom. The highest BCUT2D eigenvalue weighted by Gasteiger charge is 2.33. The van der Waals surface area contributed by atoms with Gasteiger partial charge in [0.25, 0.3) is 5.91 Å². The number of amides is 1. The molecule has 0 N–H and O–H groups in total. The Kier molecular flexibility index (Phi) is 9.32. The van der Waals surface area contributed by atoms with Crippen LogP contribution in [0.1, 0.15) is 16.7 Å². The minimum atomic E-state index is -0.106. The maximum Gasteiger partial charge on any atom is 0.267 e. The van der Waals surface area contributed by atoms with Crippen molar-refractivity contribution in [3.05, 3.63) is 127 Å². The van der Waals surface area contributed by atoms with Gasteiger partial charge in [-0.05, 0) is 115 Å². The number of methoxy groups -OCH3 is 1. The largest absolute Gasteiger partial charge is 0.497 e. The quantitative estimate of drug-likeness (QED) is 0.172. The number of nitrogens with zero attached hydrogens (tertiary/aromatic N) is 2. The Labute approximate surface area is 259 Å². The van der Waals surface area contributed by atoms with Crippen molar-refractivity contribution in [2.24, 2.45) is 4.99 Å². The highest BCUT2D eigenvalue weighted by atomic mass is 79.9. The molecule has 40 heavy (non-hydrogen) atoms. The molecule has 1 fully saturated rings. The lowest BCUT2D eigenvalue weighted by Gasteiger charge is -2.16. The third kappa shape index (κ3) is 6.99. The predicted octanol–water partition coefficient (Wildman–Crippen LogP) is 9.26. The van der Waals surface area contributed by atoms with E-state index in [0.717, 1.165) is 37.1 Å². The van der Waals surface area contributed by atoms with E-state index >= 15 is 0 Å². The zero-order chi connectivity index (χ0) is 28.1. The van der Waals surface area contributed by atoms with Crippen molar-refractivity contribution in [2.45, 2.75) is 13.2 Å². The maximum absolute atomic E-state index is 13.6. The highest BCUT2D eigenvalue weighted by molar-refractivity contribution is 9.11. The van der Waals surface area contributed by atoms with Gasteiger partial charge in [-0.25, -0.2) is 4.99 Å². The van der Waals surface area contributed by atoms with Crippen LogP contribution in [0.2, 0.25) is 5.02 Å². The van der Waals surface area contributed by atoms with Crippen LogP contribution in [-0.2, 0) is 17.9 Å². The number of para-hydroxylation sites is 1. The van der Waals surface area contributed by atoms with Crippen molar-refractivity contribution in [1.82, 2.24) is 4.90 Å². The van der Waals surface area contributed by atoms with Crippen molar-refractivity contribution >= 4 is 78.1 Å². The molecule has 0 unspecified atom stereocenters. The first-order valence-electron chi connectivity index (χ1n) is 12.2. The summed E-state index contributed by atoms with van der Waals surface area (Å²) in [6.45, 7) is 0.784. The molecule has 1 aliphatic rings. The number of amidine groups is 1. The van der Waals surface area contributed by atoms with Crippen molar-refractivity contribution < 1.29 is 14.3 Å². The molecule has 202 valence electrons. The zero-order valence-corrected chi connectivity index (χ0v) is 26.1. The van der Waals surface area contributed by atoms with Gasteiger partial charge >= 0.3 is 0 Å². The molecule has 0 aliphatic carbocycles. The van der Waals surface area contributed by atoms with Crippen LogP contribution < -0.4 is 9.47 Å². The zero-order valence-electron chi connectivity index (χ0n) is 21.3. The van der Waals surface area contributed by atoms with E-state index in [0.29, 0.717) is 34.0 Å². The van der Waals surface area contributed by atoms with Gasteiger partial charge < -0.3 is 9.47 Å². The van der Waals surface area contributed by atoms with Gasteiger partial charge in [-0.15, -0.1) is 0 Å². The lowest BCUT2D eigenvalue weighted by molar-refractivity contribution is -0.122. The van der Waals surface area contributed by atoms with E-state index in [1.165, 1.54) is 11.8 Å². The molecule has 0 radical (unpaired) electrons. The fraction of sp³-hybridized carbons (Fsp3) is 0.0968. The van der Waals surface area contributed by atoms with E-state index in [2.05, 4.69) is 31.9 Å².